The average molecular weight is 303 g/mol. The molecular weight excluding hydrogens is 284 g/mol. The Labute approximate surface area is 119 Å². The van der Waals surface area contributed by atoms with Crippen molar-refractivity contribution in [3.63, 3.8) is 0 Å². The minimum absolute atomic E-state index is 0.105. The van der Waals surface area contributed by atoms with Crippen LogP contribution in [0.4, 0.5) is 5.69 Å². The van der Waals surface area contributed by atoms with Crippen LogP contribution < -0.4 is 10.6 Å². The van der Waals surface area contributed by atoms with Crippen molar-refractivity contribution in [2.24, 2.45) is 5.73 Å². The molecule has 1 aliphatic rings. The van der Waals surface area contributed by atoms with Crippen LogP contribution in [-0.2, 0) is 9.84 Å². The smallest absolute Gasteiger partial charge is 0.152 e. The Morgan fingerprint density at radius 2 is 2.05 bits per heavy atom. The van der Waals surface area contributed by atoms with Crippen LogP contribution >= 0.6 is 11.6 Å². The molecule has 1 atom stereocenters. The summed E-state index contributed by atoms with van der Waals surface area (Å²) in [5.41, 5.74) is 7.70. The molecule has 1 aromatic carbocycles. The number of halogens is 1. The van der Waals surface area contributed by atoms with E-state index < -0.39 is 9.84 Å². The summed E-state index contributed by atoms with van der Waals surface area (Å²) >= 11 is 6.22. The summed E-state index contributed by atoms with van der Waals surface area (Å²) in [4.78, 5) is 2.07. The quantitative estimate of drug-likeness (QED) is 0.907. The average Bonchev–Trinajstić information content (AvgIpc) is 2.49. The highest BCUT2D eigenvalue weighted by Gasteiger charge is 2.20. The molecule has 0 aromatic heterocycles. The summed E-state index contributed by atoms with van der Waals surface area (Å²) < 4.78 is 23.2. The van der Waals surface area contributed by atoms with Gasteiger partial charge in [-0.2, -0.15) is 0 Å². The fourth-order valence-corrected chi connectivity index (χ4v) is 3.90. The first kappa shape index (κ1) is 14.6. The molecule has 0 saturated carbocycles. The molecular formula is C13H19ClN2O2S. The van der Waals surface area contributed by atoms with Gasteiger partial charge >= 0.3 is 0 Å². The van der Waals surface area contributed by atoms with Crippen LogP contribution in [-0.4, -0.2) is 33.0 Å². The van der Waals surface area contributed by atoms with Crippen molar-refractivity contribution >= 4 is 27.1 Å². The largest absolute Gasteiger partial charge is 0.370 e. The maximum Gasteiger partial charge on any atom is 0.152 e. The number of anilines is 1. The van der Waals surface area contributed by atoms with Gasteiger partial charge in [-0.1, -0.05) is 17.7 Å². The second-order valence-corrected chi connectivity index (χ2v) is 7.70. The van der Waals surface area contributed by atoms with Crippen LogP contribution in [0.15, 0.2) is 18.2 Å². The zero-order valence-electron chi connectivity index (χ0n) is 11.0. The van der Waals surface area contributed by atoms with Crippen LogP contribution in [0.3, 0.4) is 0 Å². The summed E-state index contributed by atoms with van der Waals surface area (Å²) in [5, 5.41) is 0.639. The minimum Gasteiger partial charge on any atom is -0.370 e. The van der Waals surface area contributed by atoms with Gasteiger partial charge in [-0.3, -0.25) is 0 Å². The Morgan fingerprint density at radius 3 is 2.68 bits per heavy atom. The minimum atomic E-state index is -2.89. The topological polar surface area (TPSA) is 63.4 Å². The summed E-state index contributed by atoms with van der Waals surface area (Å²) in [7, 11) is -2.89. The van der Waals surface area contributed by atoms with Crippen molar-refractivity contribution in [1.29, 1.82) is 0 Å². The highest BCUT2D eigenvalue weighted by atomic mass is 35.5. The van der Waals surface area contributed by atoms with Crippen molar-refractivity contribution < 1.29 is 8.42 Å². The number of benzene rings is 1. The molecule has 1 fully saturated rings. The number of hydrogen-bond acceptors (Lipinski definition) is 4. The molecule has 2 N–H and O–H groups in total. The van der Waals surface area contributed by atoms with Gasteiger partial charge in [0.1, 0.15) is 0 Å². The Hall–Kier alpha value is -0.780. The van der Waals surface area contributed by atoms with Crippen LogP contribution in [0, 0.1) is 0 Å². The number of nitrogens with zero attached hydrogens (tertiary/aromatic N) is 1. The summed E-state index contributed by atoms with van der Waals surface area (Å²) in [5.74, 6) is 0.481. The van der Waals surface area contributed by atoms with Crippen LogP contribution in [0.1, 0.15) is 24.9 Å². The van der Waals surface area contributed by atoms with Crippen molar-refractivity contribution in [2.75, 3.05) is 29.5 Å². The monoisotopic (exact) mass is 302 g/mol. The highest BCUT2D eigenvalue weighted by molar-refractivity contribution is 7.91. The van der Waals surface area contributed by atoms with Gasteiger partial charge in [-0.15, -0.1) is 0 Å². The molecule has 0 amide bonds. The fourth-order valence-electron chi connectivity index (χ4n) is 2.28. The van der Waals surface area contributed by atoms with Crippen LogP contribution in [0.5, 0.6) is 0 Å². The van der Waals surface area contributed by atoms with Gasteiger partial charge in [0.2, 0.25) is 0 Å². The Bertz CT molecular complexity index is 558. The third-order valence-electron chi connectivity index (χ3n) is 3.40. The molecule has 19 heavy (non-hydrogen) atoms. The van der Waals surface area contributed by atoms with Crippen molar-refractivity contribution in [3.05, 3.63) is 28.8 Å². The van der Waals surface area contributed by atoms with E-state index in [2.05, 4.69) is 4.90 Å². The first-order valence-electron chi connectivity index (χ1n) is 6.39. The van der Waals surface area contributed by atoms with E-state index in [-0.39, 0.29) is 17.5 Å². The Balaban J connectivity index is 2.20. The van der Waals surface area contributed by atoms with E-state index in [1.54, 1.807) is 0 Å². The van der Waals surface area contributed by atoms with Crippen molar-refractivity contribution in [2.45, 2.75) is 19.4 Å². The van der Waals surface area contributed by atoms with Crippen LogP contribution in [0.2, 0.25) is 5.02 Å². The molecule has 0 spiro atoms. The lowest BCUT2D eigenvalue weighted by atomic mass is 10.1. The van der Waals surface area contributed by atoms with E-state index in [9.17, 15) is 8.42 Å². The van der Waals surface area contributed by atoms with Gasteiger partial charge in [-0.05, 0) is 31.0 Å². The standard InChI is InChI=1S/C13H19ClN2O2S/c1-10(15)12-4-3-11(9-13(12)14)16-5-2-7-19(17,18)8-6-16/h3-4,9-10H,2,5-8,15H2,1H3. The van der Waals surface area contributed by atoms with Crippen LogP contribution in [0.25, 0.3) is 0 Å². The van der Waals surface area contributed by atoms with Gasteiger partial charge in [0.05, 0.1) is 11.5 Å². The molecule has 0 aliphatic carbocycles. The molecule has 1 aliphatic heterocycles. The third kappa shape index (κ3) is 3.61. The van der Waals surface area contributed by atoms with Gasteiger partial charge in [0, 0.05) is 29.8 Å². The summed E-state index contributed by atoms with van der Waals surface area (Å²) in [6, 6.07) is 5.65. The zero-order valence-corrected chi connectivity index (χ0v) is 12.5. The van der Waals surface area contributed by atoms with Crippen molar-refractivity contribution in [1.82, 2.24) is 0 Å². The Kier molecular flexibility index (Phi) is 4.38. The predicted octanol–water partition coefficient (Wildman–Crippen LogP) is 1.98. The van der Waals surface area contributed by atoms with Gasteiger partial charge < -0.3 is 10.6 Å². The van der Waals surface area contributed by atoms with Gasteiger partial charge in [0.25, 0.3) is 0 Å². The zero-order chi connectivity index (χ0) is 14.0. The van der Waals surface area contributed by atoms with E-state index in [0.717, 1.165) is 17.8 Å². The van der Waals surface area contributed by atoms with E-state index in [1.807, 2.05) is 25.1 Å². The fraction of sp³-hybridized carbons (Fsp3) is 0.538. The second kappa shape index (κ2) is 5.69. The van der Waals surface area contributed by atoms with Crippen molar-refractivity contribution in [3.8, 4) is 0 Å². The molecule has 2 rings (SSSR count). The molecule has 1 unspecified atom stereocenters. The summed E-state index contributed by atoms with van der Waals surface area (Å²) in [6.07, 6.45) is 0.662. The van der Waals surface area contributed by atoms with E-state index >= 15 is 0 Å². The normalized spacial score (nSPS) is 20.9. The Morgan fingerprint density at radius 1 is 1.32 bits per heavy atom. The van der Waals surface area contributed by atoms with E-state index in [1.165, 1.54) is 0 Å². The predicted molar refractivity (Wildman–Crippen MR) is 79.5 cm³/mol. The van der Waals surface area contributed by atoms with E-state index in [0.29, 0.717) is 18.0 Å². The molecule has 4 nitrogen and oxygen atoms in total. The molecule has 1 saturated heterocycles. The first-order chi connectivity index (χ1) is 8.89. The number of nitrogens with two attached hydrogens (primary N) is 1. The molecule has 106 valence electrons. The maximum absolute atomic E-state index is 11.6. The number of hydrogen-bond donors (Lipinski definition) is 1. The third-order valence-corrected chi connectivity index (χ3v) is 5.44. The highest BCUT2D eigenvalue weighted by Crippen LogP contribution is 2.27. The molecule has 6 heteroatoms. The molecule has 1 aromatic rings. The lowest BCUT2D eigenvalue weighted by Crippen LogP contribution is -2.26. The SMILES string of the molecule is CC(N)c1ccc(N2CCCS(=O)(=O)CC2)cc1Cl. The molecule has 0 radical (unpaired) electrons. The maximum atomic E-state index is 11.6. The second-order valence-electron chi connectivity index (χ2n) is 4.99. The first-order valence-corrected chi connectivity index (χ1v) is 8.59. The lowest BCUT2D eigenvalue weighted by Gasteiger charge is -2.23. The number of rotatable bonds is 2. The summed E-state index contributed by atoms with van der Waals surface area (Å²) in [6.45, 7) is 3.16. The van der Waals surface area contributed by atoms with Gasteiger partial charge in [0.15, 0.2) is 9.84 Å². The van der Waals surface area contributed by atoms with Gasteiger partial charge in [-0.25, -0.2) is 8.42 Å². The number of sulfone groups is 1. The van der Waals surface area contributed by atoms with E-state index in [4.69, 9.17) is 17.3 Å². The molecule has 1 heterocycles. The lowest BCUT2D eigenvalue weighted by molar-refractivity contribution is 0.597. The molecule has 0 bridgehead atoms.